The number of carbonyl (C=O) groups is 1. The Morgan fingerprint density at radius 2 is 2.40 bits per heavy atom. The first kappa shape index (κ1) is 10.9. The van der Waals surface area contributed by atoms with E-state index in [2.05, 4.69) is 20.8 Å². The van der Waals surface area contributed by atoms with E-state index in [1.54, 1.807) is 14.0 Å². The Morgan fingerprint density at radius 3 is 3.00 bits per heavy atom. The van der Waals surface area contributed by atoms with Crippen LogP contribution >= 0.6 is 0 Å². The molecule has 1 atom stereocenters. The summed E-state index contributed by atoms with van der Waals surface area (Å²) in [5.74, 6) is 0.139. The Hall–Kier alpha value is -2.16. The predicted molar refractivity (Wildman–Crippen MR) is 53.9 cm³/mol. The number of rotatable bonds is 3. The second kappa shape index (κ2) is 4.91. The fourth-order valence-electron chi connectivity index (χ4n) is 1.02. The number of aromatic nitrogens is 2. The molecule has 1 heterocycles. The highest BCUT2D eigenvalue weighted by molar-refractivity contribution is 5.83. The van der Waals surface area contributed by atoms with Crippen LogP contribution in [0, 0.1) is 11.3 Å². The van der Waals surface area contributed by atoms with Crippen molar-refractivity contribution in [1.29, 1.82) is 5.26 Å². The fraction of sp³-hybridized carbons (Fsp3) is 0.333. The summed E-state index contributed by atoms with van der Waals surface area (Å²) in [5, 5.41) is 21.4. The van der Waals surface area contributed by atoms with Gasteiger partial charge in [0.15, 0.2) is 5.82 Å². The third-order valence-electron chi connectivity index (χ3n) is 1.83. The van der Waals surface area contributed by atoms with E-state index in [-0.39, 0.29) is 5.91 Å². The van der Waals surface area contributed by atoms with Crippen molar-refractivity contribution in [3.05, 3.63) is 17.8 Å². The summed E-state index contributed by atoms with van der Waals surface area (Å²) in [6.45, 7) is 1.68. The lowest BCUT2D eigenvalue weighted by Crippen LogP contribution is -2.35. The Bertz CT molecular complexity index is 398. The molecular formula is C9H11N5O. The number of likely N-dealkylation sites (N-methyl/N-ethyl adjacent to an activating group) is 1. The number of amides is 1. The molecular weight excluding hydrogens is 194 g/mol. The van der Waals surface area contributed by atoms with Gasteiger partial charge in [-0.15, -0.1) is 5.10 Å². The van der Waals surface area contributed by atoms with Crippen LogP contribution in [0.1, 0.15) is 12.5 Å². The molecule has 6 nitrogen and oxygen atoms in total. The van der Waals surface area contributed by atoms with Gasteiger partial charge in [-0.25, -0.2) is 0 Å². The van der Waals surface area contributed by atoms with Crippen LogP contribution in [0.5, 0.6) is 0 Å². The van der Waals surface area contributed by atoms with Crippen LogP contribution in [-0.2, 0) is 4.79 Å². The van der Waals surface area contributed by atoms with Crippen molar-refractivity contribution in [2.75, 3.05) is 12.4 Å². The van der Waals surface area contributed by atoms with Gasteiger partial charge < -0.3 is 10.6 Å². The van der Waals surface area contributed by atoms with E-state index in [9.17, 15) is 4.79 Å². The number of anilines is 1. The first-order chi connectivity index (χ1) is 7.19. The lowest BCUT2D eigenvalue weighted by molar-refractivity contribution is -0.121. The maximum Gasteiger partial charge on any atom is 0.241 e. The van der Waals surface area contributed by atoms with Crippen molar-refractivity contribution in [1.82, 2.24) is 15.5 Å². The van der Waals surface area contributed by atoms with Crippen molar-refractivity contribution in [2.45, 2.75) is 13.0 Å². The molecule has 78 valence electrons. The van der Waals surface area contributed by atoms with Crippen LogP contribution in [0.25, 0.3) is 0 Å². The smallest absolute Gasteiger partial charge is 0.241 e. The summed E-state index contributed by atoms with van der Waals surface area (Å²) in [5.41, 5.74) is 0.362. The van der Waals surface area contributed by atoms with Gasteiger partial charge in [0, 0.05) is 7.05 Å². The van der Waals surface area contributed by atoms with Gasteiger partial charge >= 0.3 is 0 Å². The highest BCUT2D eigenvalue weighted by atomic mass is 16.2. The Kier molecular flexibility index (Phi) is 3.57. The quantitative estimate of drug-likeness (QED) is 0.718. The fourth-order valence-corrected chi connectivity index (χ4v) is 1.02. The average Bonchev–Trinajstić information content (AvgIpc) is 2.28. The predicted octanol–water partition coefficient (Wildman–Crippen LogP) is -0.105. The molecule has 0 fully saturated rings. The summed E-state index contributed by atoms with van der Waals surface area (Å²) in [6.07, 6.45) is 1.42. The molecule has 1 aromatic rings. The van der Waals surface area contributed by atoms with Crippen LogP contribution in [-0.4, -0.2) is 29.2 Å². The molecule has 1 rings (SSSR count). The second-order valence-corrected chi connectivity index (χ2v) is 2.89. The van der Waals surface area contributed by atoms with Gasteiger partial charge in [-0.1, -0.05) is 0 Å². The minimum atomic E-state index is -0.459. The van der Waals surface area contributed by atoms with E-state index < -0.39 is 6.04 Å². The van der Waals surface area contributed by atoms with Crippen LogP contribution in [0.15, 0.2) is 12.3 Å². The maximum atomic E-state index is 11.2. The van der Waals surface area contributed by atoms with Crippen LogP contribution in [0.4, 0.5) is 5.82 Å². The molecule has 1 aromatic heterocycles. The molecule has 2 N–H and O–H groups in total. The van der Waals surface area contributed by atoms with Gasteiger partial charge in [0.05, 0.1) is 11.8 Å². The topological polar surface area (TPSA) is 90.7 Å². The van der Waals surface area contributed by atoms with Crippen molar-refractivity contribution in [3.63, 3.8) is 0 Å². The molecule has 0 bridgehead atoms. The van der Waals surface area contributed by atoms with Crippen molar-refractivity contribution < 1.29 is 4.79 Å². The molecule has 0 radical (unpaired) electrons. The number of nitrogens with zero attached hydrogens (tertiary/aromatic N) is 3. The minimum absolute atomic E-state index is 0.176. The molecule has 0 saturated heterocycles. The zero-order chi connectivity index (χ0) is 11.3. The summed E-state index contributed by atoms with van der Waals surface area (Å²) in [7, 11) is 1.54. The zero-order valence-electron chi connectivity index (χ0n) is 8.48. The minimum Gasteiger partial charge on any atom is -0.357 e. The first-order valence-electron chi connectivity index (χ1n) is 4.39. The SMILES string of the molecule is CNC(=O)C(C)Nc1nnccc1C#N. The van der Waals surface area contributed by atoms with Gasteiger partial charge in [0.1, 0.15) is 12.1 Å². The number of hydrogen-bond acceptors (Lipinski definition) is 5. The summed E-state index contributed by atoms with van der Waals surface area (Å²) in [4.78, 5) is 11.2. The van der Waals surface area contributed by atoms with E-state index >= 15 is 0 Å². The Balaban J connectivity index is 2.81. The van der Waals surface area contributed by atoms with Crippen LogP contribution in [0.3, 0.4) is 0 Å². The van der Waals surface area contributed by atoms with Crippen LogP contribution < -0.4 is 10.6 Å². The molecule has 15 heavy (non-hydrogen) atoms. The van der Waals surface area contributed by atoms with Crippen LogP contribution in [0.2, 0.25) is 0 Å². The lowest BCUT2D eigenvalue weighted by atomic mass is 10.2. The van der Waals surface area contributed by atoms with Gasteiger partial charge in [0.25, 0.3) is 0 Å². The molecule has 0 spiro atoms. The average molecular weight is 205 g/mol. The summed E-state index contributed by atoms with van der Waals surface area (Å²) < 4.78 is 0. The third kappa shape index (κ3) is 2.64. The monoisotopic (exact) mass is 205 g/mol. The van der Waals surface area contributed by atoms with Crippen molar-refractivity contribution >= 4 is 11.7 Å². The van der Waals surface area contributed by atoms with Crippen molar-refractivity contribution in [3.8, 4) is 6.07 Å². The largest absolute Gasteiger partial charge is 0.357 e. The Morgan fingerprint density at radius 1 is 1.67 bits per heavy atom. The van der Waals surface area contributed by atoms with Gasteiger partial charge in [-0.2, -0.15) is 10.4 Å². The van der Waals surface area contributed by atoms with E-state index in [0.717, 1.165) is 0 Å². The van der Waals surface area contributed by atoms with Gasteiger partial charge in [-0.05, 0) is 13.0 Å². The highest BCUT2D eigenvalue weighted by Gasteiger charge is 2.13. The molecule has 1 unspecified atom stereocenters. The van der Waals surface area contributed by atoms with E-state index in [1.165, 1.54) is 12.3 Å². The number of carbonyl (C=O) groups excluding carboxylic acids is 1. The molecule has 0 aliphatic rings. The normalized spacial score (nSPS) is 11.3. The molecule has 0 aliphatic heterocycles. The molecule has 0 aromatic carbocycles. The lowest BCUT2D eigenvalue weighted by Gasteiger charge is -2.12. The number of hydrogen-bond donors (Lipinski definition) is 2. The summed E-state index contributed by atoms with van der Waals surface area (Å²) in [6, 6.07) is 3.04. The van der Waals surface area contributed by atoms with E-state index in [1.807, 2.05) is 6.07 Å². The standard InChI is InChI=1S/C9H11N5O/c1-6(9(15)11-2)13-8-7(5-10)3-4-12-14-8/h3-4,6H,1-2H3,(H,11,15)(H,13,14). The third-order valence-corrected chi connectivity index (χ3v) is 1.83. The summed E-state index contributed by atoms with van der Waals surface area (Å²) >= 11 is 0. The van der Waals surface area contributed by atoms with E-state index in [4.69, 9.17) is 5.26 Å². The first-order valence-corrected chi connectivity index (χ1v) is 4.39. The van der Waals surface area contributed by atoms with Gasteiger partial charge in [-0.3, -0.25) is 4.79 Å². The molecule has 0 saturated carbocycles. The molecule has 0 aliphatic carbocycles. The van der Waals surface area contributed by atoms with Gasteiger partial charge in [0.2, 0.25) is 5.91 Å². The number of nitrogens with one attached hydrogen (secondary N) is 2. The molecule has 1 amide bonds. The Labute approximate surface area is 87.3 Å². The maximum absolute atomic E-state index is 11.2. The van der Waals surface area contributed by atoms with E-state index in [0.29, 0.717) is 11.4 Å². The molecule has 6 heteroatoms. The zero-order valence-corrected chi connectivity index (χ0v) is 8.48. The highest BCUT2D eigenvalue weighted by Crippen LogP contribution is 2.09. The second-order valence-electron chi connectivity index (χ2n) is 2.89. The number of nitriles is 1. The van der Waals surface area contributed by atoms with Crippen molar-refractivity contribution in [2.24, 2.45) is 0 Å².